The molecule has 4 nitrogen and oxygen atoms in total. The predicted molar refractivity (Wildman–Crippen MR) is 61.2 cm³/mol. The van der Waals surface area contributed by atoms with E-state index in [9.17, 15) is 4.79 Å². The first-order valence-corrected chi connectivity index (χ1v) is 5.69. The highest BCUT2D eigenvalue weighted by atomic mass is 16.2. The van der Waals surface area contributed by atoms with Crippen molar-refractivity contribution in [1.29, 1.82) is 0 Å². The van der Waals surface area contributed by atoms with Gasteiger partial charge in [-0.1, -0.05) is 0 Å². The van der Waals surface area contributed by atoms with Gasteiger partial charge in [-0.3, -0.25) is 4.79 Å². The molecule has 4 heteroatoms. The molecule has 1 aromatic heterocycles. The van der Waals surface area contributed by atoms with E-state index in [4.69, 9.17) is 0 Å². The number of aryl methyl sites for hydroxylation is 1. The number of carbonyl (C=O) groups excluding carboxylic acids is 1. The fraction of sp³-hybridized carbons (Fsp3) is 0.583. The monoisotopic (exact) mass is 219 g/mol. The molecule has 0 N–H and O–H groups in total. The van der Waals surface area contributed by atoms with E-state index in [1.54, 1.807) is 0 Å². The molecule has 1 aromatic rings. The van der Waals surface area contributed by atoms with Crippen LogP contribution in [-0.2, 0) is 7.05 Å². The van der Waals surface area contributed by atoms with E-state index in [1.807, 2.05) is 34.8 Å². The van der Waals surface area contributed by atoms with Gasteiger partial charge in [-0.2, -0.15) is 0 Å². The van der Waals surface area contributed by atoms with Crippen LogP contribution in [0.15, 0.2) is 18.3 Å². The molecule has 2 fully saturated rings. The second-order valence-electron chi connectivity index (χ2n) is 5.34. The zero-order valence-electron chi connectivity index (χ0n) is 9.81. The Morgan fingerprint density at radius 3 is 2.44 bits per heavy atom. The maximum atomic E-state index is 12.1. The quantitative estimate of drug-likeness (QED) is 0.684. The molecule has 0 aliphatic carbocycles. The van der Waals surface area contributed by atoms with Gasteiger partial charge in [0.05, 0.1) is 0 Å². The number of hydrogen-bond donors (Lipinski definition) is 0. The molecule has 0 unspecified atom stereocenters. The second-order valence-corrected chi connectivity index (χ2v) is 5.34. The summed E-state index contributed by atoms with van der Waals surface area (Å²) in [5.41, 5.74) is 1.22. The van der Waals surface area contributed by atoms with E-state index >= 15 is 0 Å². The van der Waals surface area contributed by atoms with Crippen molar-refractivity contribution >= 4 is 5.91 Å². The number of likely N-dealkylation sites (tertiary alicyclic amines) is 2. The minimum atomic E-state index is 0.174. The summed E-state index contributed by atoms with van der Waals surface area (Å²) in [5, 5.41) is 0. The molecule has 0 atom stereocenters. The Bertz CT molecular complexity index is 423. The van der Waals surface area contributed by atoms with E-state index in [-0.39, 0.29) is 5.91 Å². The van der Waals surface area contributed by atoms with Crippen molar-refractivity contribution in [2.75, 3.05) is 33.2 Å². The van der Waals surface area contributed by atoms with Crippen LogP contribution in [-0.4, -0.2) is 53.5 Å². The van der Waals surface area contributed by atoms with Crippen LogP contribution in [0.5, 0.6) is 0 Å². The standard InChI is InChI=1S/C12H17N3O/c1-13-6-12(7-13)8-15(9-12)11(16)10-4-3-5-14(10)2/h3-5H,6-9H2,1-2H3. The van der Waals surface area contributed by atoms with Gasteiger partial charge >= 0.3 is 0 Å². The molecule has 2 aliphatic rings. The summed E-state index contributed by atoms with van der Waals surface area (Å²) in [4.78, 5) is 16.4. The van der Waals surface area contributed by atoms with Crippen molar-refractivity contribution in [2.45, 2.75) is 0 Å². The van der Waals surface area contributed by atoms with Gasteiger partial charge in [-0.25, -0.2) is 0 Å². The third-order valence-electron chi connectivity index (χ3n) is 3.71. The van der Waals surface area contributed by atoms with Crippen LogP contribution in [0.25, 0.3) is 0 Å². The fourth-order valence-corrected chi connectivity index (χ4v) is 3.05. The van der Waals surface area contributed by atoms with Crippen molar-refractivity contribution in [1.82, 2.24) is 14.4 Å². The van der Waals surface area contributed by atoms with E-state index in [2.05, 4.69) is 11.9 Å². The molecule has 1 amide bonds. The van der Waals surface area contributed by atoms with Gasteiger partial charge in [-0.15, -0.1) is 0 Å². The van der Waals surface area contributed by atoms with E-state index in [1.165, 1.54) is 0 Å². The smallest absolute Gasteiger partial charge is 0.270 e. The summed E-state index contributed by atoms with van der Waals surface area (Å²) in [6.07, 6.45) is 1.92. The van der Waals surface area contributed by atoms with Crippen LogP contribution >= 0.6 is 0 Å². The van der Waals surface area contributed by atoms with Crippen LogP contribution in [0.2, 0.25) is 0 Å². The first-order valence-electron chi connectivity index (χ1n) is 5.69. The number of aromatic nitrogens is 1. The lowest BCUT2D eigenvalue weighted by atomic mass is 9.73. The molecule has 0 bridgehead atoms. The topological polar surface area (TPSA) is 28.5 Å². The summed E-state index contributed by atoms with van der Waals surface area (Å²) >= 11 is 0. The van der Waals surface area contributed by atoms with E-state index in [0.717, 1.165) is 31.9 Å². The molecule has 3 rings (SSSR count). The Kier molecular flexibility index (Phi) is 1.92. The van der Waals surface area contributed by atoms with Gasteiger partial charge in [0, 0.05) is 44.8 Å². The van der Waals surface area contributed by atoms with E-state index in [0.29, 0.717) is 5.41 Å². The van der Waals surface area contributed by atoms with Gasteiger partial charge in [0.2, 0.25) is 0 Å². The van der Waals surface area contributed by atoms with Gasteiger partial charge in [0.1, 0.15) is 5.69 Å². The van der Waals surface area contributed by atoms with Crippen molar-refractivity contribution in [3.8, 4) is 0 Å². The van der Waals surface area contributed by atoms with Gasteiger partial charge < -0.3 is 14.4 Å². The zero-order valence-corrected chi connectivity index (χ0v) is 9.81. The Labute approximate surface area is 95.4 Å². The average molecular weight is 219 g/mol. The molecule has 16 heavy (non-hydrogen) atoms. The van der Waals surface area contributed by atoms with Crippen molar-refractivity contribution in [2.24, 2.45) is 12.5 Å². The molecule has 1 spiro atoms. The Hall–Kier alpha value is -1.29. The minimum absolute atomic E-state index is 0.174. The van der Waals surface area contributed by atoms with Crippen LogP contribution in [0.3, 0.4) is 0 Å². The fourth-order valence-electron chi connectivity index (χ4n) is 3.05. The van der Waals surface area contributed by atoms with Crippen LogP contribution in [0.4, 0.5) is 0 Å². The molecule has 3 heterocycles. The molecule has 0 radical (unpaired) electrons. The van der Waals surface area contributed by atoms with Crippen LogP contribution in [0, 0.1) is 5.41 Å². The molecule has 2 aliphatic heterocycles. The van der Waals surface area contributed by atoms with Crippen LogP contribution < -0.4 is 0 Å². The van der Waals surface area contributed by atoms with Crippen molar-refractivity contribution in [3.05, 3.63) is 24.0 Å². The number of nitrogens with zero attached hydrogens (tertiary/aromatic N) is 3. The lowest BCUT2D eigenvalue weighted by molar-refractivity contribution is -0.0874. The third kappa shape index (κ3) is 1.29. The van der Waals surface area contributed by atoms with Gasteiger partial charge in [0.25, 0.3) is 5.91 Å². The number of amides is 1. The van der Waals surface area contributed by atoms with Crippen molar-refractivity contribution < 1.29 is 4.79 Å². The first kappa shape index (κ1) is 9.90. The van der Waals surface area contributed by atoms with E-state index < -0.39 is 0 Å². The lowest BCUT2D eigenvalue weighted by Gasteiger charge is -2.59. The molecule has 0 aromatic carbocycles. The summed E-state index contributed by atoms with van der Waals surface area (Å²) in [6.45, 7) is 4.15. The lowest BCUT2D eigenvalue weighted by Crippen LogP contribution is -2.72. The summed E-state index contributed by atoms with van der Waals surface area (Å²) < 4.78 is 1.89. The molecular formula is C12H17N3O. The average Bonchev–Trinajstić information content (AvgIpc) is 2.54. The third-order valence-corrected chi connectivity index (χ3v) is 3.71. The maximum absolute atomic E-state index is 12.1. The Morgan fingerprint density at radius 2 is 1.94 bits per heavy atom. The van der Waals surface area contributed by atoms with Gasteiger partial charge in [0.15, 0.2) is 0 Å². The SMILES string of the molecule is CN1CC2(C1)CN(C(=O)c1cccn1C)C2. The number of hydrogen-bond acceptors (Lipinski definition) is 2. The normalized spacial score (nSPS) is 23.0. The molecule has 0 saturated carbocycles. The summed E-state index contributed by atoms with van der Waals surface area (Å²) in [7, 11) is 4.05. The summed E-state index contributed by atoms with van der Waals surface area (Å²) in [6, 6.07) is 3.81. The number of rotatable bonds is 1. The highest BCUT2D eigenvalue weighted by Crippen LogP contribution is 2.39. The summed E-state index contributed by atoms with van der Waals surface area (Å²) in [5.74, 6) is 0.174. The minimum Gasteiger partial charge on any atom is -0.347 e. The van der Waals surface area contributed by atoms with Gasteiger partial charge in [-0.05, 0) is 19.2 Å². The Morgan fingerprint density at radius 1 is 1.25 bits per heavy atom. The molecule has 86 valence electrons. The van der Waals surface area contributed by atoms with Crippen molar-refractivity contribution in [3.63, 3.8) is 0 Å². The van der Waals surface area contributed by atoms with Crippen LogP contribution in [0.1, 0.15) is 10.5 Å². The highest BCUT2D eigenvalue weighted by Gasteiger charge is 2.52. The predicted octanol–water partition coefficient (Wildman–Crippen LogP) is 0.413. The maximum Gasteiger partial charge on any atom is 0.270 e. The highest BCUT2D eigenvalue weighted by molar-refractivity contribution is 5.93. The largest absolute Gasteiger partial charge is 0.347 e. The Balaban J connectivity index is 1.65. The molecular weight excluding hydrogens is 202 g/mol. The zero-order chi connectivity index (χ0) is 11.3. The first-order chi connectivity index (χ1) is 7.60. The second kappa shape index (κ2) is 3.10. The molecule has 2 saturated heterocycles. The number of carbonyl (C=O) groups is 1.